The van der Waals surface area contributed by atoms with Gasteiger partial charge in [0.05, 0.1) is 11.1 Å². The van der Waals surface area contributed by atoms with Gasteiger partial charge in [-0.05, 0) is 60.2 Å². The maximum absolute atomic E-state index is 12.6. The molecule has 0 aromatic heterocycles. The Bertz CT molecular complexity index is 1260. The number of rotatable bonds is 7. The summed E-state index contributed by atoms with van der Waals surface area (Å²) in [6.07, 6.45) is 1.43. The molecule has 164 valence electrons. The summed E-state index contributed by atoms with van der Waals surface area (Å²) in [5.41, 5.74) is 4.17. The predicted octanol–water partition coefficient (Wildman–Crippen LogP) is 3.86. The summed E-state index contributed by atoms with van der Waals surface area (Å²) in [5, 5.41) is 7.02. The molecule has 2 amide bonds. The van der Waals surface area contributed by atoms with Crippen molar-refractivity contribution in [3.8, 4) is 0 Å². The molecule has 0 unspecified atom stereocenters. The highest BCUT2D eigenvalue weighted by molar-refractivity contribution is 7.92. The second-order valence-electron chi connectivity index (χ2n) is 6.64. The van der Waals surface area contributed by atoms with Gasteiger partial charge in [0.25, 0.3) is 15.9 Å². The molecule has 10 heteroatoms. The van der Waals surface area contributed by atoms with Gasteiger partial charge in [-0.2, -0.15) is 5.10 Å². The molecule has 0 saturated carbocycles. The topological polar surface area (TPSA) is 117 Å². The molecular weight excluding hydrogens is 452 g/mol. The lowest BCUT2D eigenvalue weighted by atomic mass is 10.2. The van der Waals surface area contributed by atoms with Crippen LogP contribution in [0.25, 0.3) is 0 Å². The molecule has 0 aliphatic rings. The van der Waals surface area contributed by atoms with E-state index in [1.54, 1.807) is 36.4 Å². The summed E-state index contributed by atoms with van der Waals surface area (Å²) in [6.45, 7) is 1.42. The first-order chi connectivity index (χ1) is 15.2. The fraction of sp³-hybridized carbons (Fsp3) is 0.0455. The number of nitrogens with zero attached hydrogens (tertiary/aromatic N) is 1. The van der Waals surface area contributed by atoms with Gasteiger partial charge in [0.1, 0.15) is 0 Å². The van der Waals surface area contributed by atoms with E-state index in [2.05, 4.69) is 20.6 Å². The average Bonchev–Trinajstić information content (AvgIpc) is 2.76. The maximum Gasteiger partial charge on any atom is 0.271 e. The molecule has 0 spiro atoms. The van der Waals surface area contributed by atoms with E-state index in [-0.39, 0.29) is 16.4 Å². The summed E-state index contributed by atoms with van der Waals surface area (Å²) < 4.78 is 27.7. The van der Waals surface area contributed by atoms with Gasteiger partial charge in [0.2, 0.25) is 5.91 Å². The zero-order chi connectivity index (χ0) is 23.1. The number of carbonyl (C=O) groups is 2. The first kappa shape index (κ1) is 23.0. The maximum atomic E-state index is 12.6. The summed E-state index contributed by atoms with van der Waals surface area (Å²) in [7, 11) is -3.90. The fourth-order valence-corrected chi connectivity index (χ4v) is 3.85. The zero-order valence-electron chi connectivity index (χ0n) is 16.9. The van der Waals surface area contributed by atoms with E-state index in [0.717, 1.165) is 0 Å². The van der Waals surface area contributed by atoms with Gasteiger partial charge < -0.3 is 5.32 Å². The van der Waals surface area contributed by atoms with Crippen LogP contribution < -0.4 is 15.5 Å². The quantitative estimate of drug-likeness (QED) is 0.359. The van der Waals surface area contributed by atoms with Crippen LogP contribution in [0.3, 0.4) is 0 Å². The Labute approximate surface area is 190 Å². The number of hydrazone groups is 1. The van der Waals surface area contributed by atoms with Gasteiger partial charge >= 0.3 is 0 Å². The summed E-state index contributed by atoms with van der Waals surface area (Å²) in [5.74, 6) is -0.744. The van der Waals surface area contributed by atoms with Gasteiger partial charge in [-0.1, -0.05) is 29.8 Å². The lowest BCUT2D eigenvalue weighted by Crippen LogP contribution is -2.19. The highest BCUT2D eigenvalue weighted by atomic mass is 35.5. The third kappa shape index (κ3) is 6.40. The molecule has 0 bridgehead atoms. The minimum absolute atomic E-state index is 0.0716. The summed E-state index contributed by atoms with van der Waals surface area (Å²) in [6, 6.07) is 18.6. The third-order valence-corrected chi connectivity index (χ3v) is 5.74. The van der Waals surface area contributed by atoms with Crippen LogP contribution >= 0.6 is 11.6 Å². The molecule has 0 aliphatic heterocycles. The van der Waals surface area contributed by atoms with E-state index in [9.17, 15) is 18.0 Å². The van der Waals surface area contributed by atoms with Gasteiger partial charge in [-0.25, -0.2) is 13.8 Å². The van der Waals surface area contributed by atoms with Crippen molar-refractivity contribution in [3.63, 3.8) is 0 Å². The molecule has 0 aliphatic carbocycles. The molecule has 3 rings (SSSR count). The first-order valence-corrected chi connectivity index (χ1v) is 11.2. The molecule has 32 heavy (non-hydrogen) atoms. The molecule has 3 aromatic rings. The highest BCUT2D eigenvalue weighted by Crippen LogP contribution is 2.19. The largest absolute Gasteiger partial charge is 0.326 e. The van der Waals surface area contributed by atoms with Gasteiger partial charge in [0.15, 0.2) is 0 Å². The molecule has 0 fully saturated rings. The molecule has 3 aromatic carbocycles. The molecular formula is C22H19ClN4O4S. The average molecular weight is 471 g/mol. The van der Waals surface area contributed by atoms with Gasteiger partial charge in [-0.3, -0.25) is 14.3 Å². The SMILES string of the molecule is CC(=O)Nc1ccc(C=NNC(=O)c2cccc(S(=O)(=O)Nc3ccc(Cl)cc3)c2)cc1. The van der Waals surface area contributed by atoms with E-state index in [0.29, 0.717) is 22.0 Å². The Hall–Kier alpha value is -3.69. The van der Waals surface area contributed by atoms with Crippen LogP contribution in [-0.2, 0) is 14.8 Å². The Morgan fingerprint density at radius 1 is 0.938 bits per heavy atom. The number of hydrogen-bond acceptors (Lipinski definition) is 5. The standard InChI is InChI=1S/C22H19ClN4O4S/c1-15(28)25-19-9-5-16(6-10-19)14-24-26-22(29)17-3-2-4-21(13-17)32(30,31)27-20-11-7-18(23)8-12-20/h2-14,27H,1H3,(H,25,28)(H,26,29). The Morgan fingerprint density at radius 3 is 2.25 bits per heavy atom. The van der Waals surface area contributed by atoms with E-state index >= 15 is 0 Å². The Morgan fingerprint density at radius 2 is 1.59 bits per heavy atom. The smallest absolute Gasteiger partial charge is 0.271 e. The number of benzene rings is 3. The van der Waals surface area contributed by atoms with Crippen LogP contribution in [0, 0.1) is 0 Å². The lowest BCUT2D eigenvalue weighted by molar-refractivity contribution is -0.114. The van der Waals surface area contributed by atoms with Crippen molar-refractivity contribution in [2.75, 3.05) is 10.0 Å². The van der Waals surface area contributed by atoms with Crippen molar-refractivity contribution >= 4 is 51.0 Å². The number of halogens is 1. The summed E-state index contributed by atoms with van der Waals surface area (Å²) in [4.78, 5) is 23.3. The fourth-order valence-electron chi connectivity index (χ4n) is 2.62. The van der Waals surface area contributed by atoms with Crippen LogP contribution in [0.2, 0.25) is 5.02 Å². The van der Waals surface area contributed by atoms with Crippen molar-refractivity contribution in [3.05, 3.63) is 88.9 Å². The predicted molar refractivity (Wildman–Crippen MR) is 125 cm³/mol. The molecule has 3 N–H and O–H groups in total. The summed E-state index contributed by atoms with van der Waals surface area (Å²) >= 11 is 5.81. The minimum Gasteiger partial charge on any atom is -0.326 e. The number of anilines is 2. The third-order valence-electron chi connectivity index (χ3n) is 4.11. The van der Waals surface area contributed by atoms with Crippen molar-refractivity contribution < 1.29 is 18.0 Å². The molecule has 0 atom stereocenters. The molecule has 8 nitrogen and oxygen atoms in total. The van der Waals surface area contributed by atoms with Crippen molar-refractivity contribution in [1.82, 2.24) is 5.43 Å². The first-order valence-electron chi connectivity index (χ1n) is 9.32. The van der Waals surface area contributed by atoms with Crippen molar-refractivity contribution in [2.24, 2.45) is 5.10 Å². The highest BCUT2D eigenvalue weighted by Gasteiger charge is 2.16. The van der Waals surface area contributed by atoms with Gasteiger partial charge in [-0.15, -0.1) is 0 Å². The van der Waals surface area contributed by atoms with E-state index in [1.165, 1.54) is 49.5 Å². The number of amides is 2. The second kappa shape index (κ2) is 10.1. The van der Waals surface area contributed by atoms with Crippen LogP contribution in [0.5, 0.6) is 0 Å². The second-order valence-corrected chi connectivity index (χ2v) is 8.76. The minimum atomic E-state index is -3.90. The number of sulfonamides is 1. The van der Waals surface area contributed by atoms with Crippen LogP contribution in [0.1, 0.15) is 22.8 Å². The van der Waals surface area contributed by atoms with E-state index in [4.69, 9.17) is 11.6 Å². The number of hydrogen-bond donors (Lipinski definition) is 3. The monoisotopic (exact) mass is 470 g/mol. The number of carbonyl (C=O) groups excluding carboxylic acids is 2. The Kier molecular flexibility index (Phi) is 7.24. The Balaban J connectivity index is 1.66. The van der Waals surface area contributed by atoms with E-state index < -0.39 is 15.9 Å². The van der Waals surface area contributed by atoms with E-state index in [1.807, 2.05) is 0 Å². The normalized spacial score (nSPS) is 11.2. The van der Waals surface area contributed by atoms with Gasteiger partial charge in [0, 0.05) is 28.9 Å². The van der Waals surface area contributed by atoms with Crippen LogP contribution in [0.15, 0.2) is 82.8 Å². The molecule has 0 radical (unpaired) electrons. The molecule has 0 heterocycles. The van der Waals surface area contributed by atoms with Crippen molar-refractivity contribution in [2.45, 2.75) is 11.8 Å². The van der Waals surface area contributed by atoms with Crippen molar-refractivity contribution in [1.29, 1.82) is 0 Å². The number of nitrogens with one attached hydrogen (secondary N) is 3. The molecule has 0 saturated heterocycles. The zero-order valence-corrected chi connectivity index (χ0v) is 18.4. The van der Waals surface area contributed by atoms with Crippen LogP contribution in [-0.4, -0.2) is 26.4 Å². The van der Waals surface area contributed by atoms with Crippen LogP contribution in [0.4, 0.5) is 11.4 Å². The lowest BCUT2D eigenvalue weighted by Gasteiger charge is -2.09.